The van der Waals surface area contributed by atoms with Crippen molar-refractivity contribution in [2.45, 2.75) is 75.8 Å². The molecule has 1 heterocycles. The summed E-state index contributed by atoms with van der Waals surface area (Å²) < 4.78 is 29.2. The highest BCUT2D eigenvalue weighted by Crippen LogP contribution is 2.32. The molecule has 1 amide bonds. The van der Waals surface area contributed by atoms with Crippen LogP contribution in [0.4, 0.5) is 0 Å². The molecule has 0 radical (unpaired) electrons. The fraction of sp³-hybridized carbons (Fsp3) is 0.905. The number of amides is 1. The molecule has 0 bridgehead atoms. The molecular formula is C21H37N5O3S. The van der Waals surface area contributed by atoms with Crippen LogP contribution >= 0.6 is 0 Å². The maximum absolute atomic E-state index is 13.0. The van der Waals surface area contributed by atoms with Crippen molar-refractivity contribution < 1.29 is 13.2 Å². The van der Waals surface area contributed by atoms with Crippen molar-refractivity contribution in [3.05, 3.63) is 0 Å². The molecule has 1 aliphatic heterocycles. The van der Waals surface area contributed by atoms with E-state index in [1.165, 1.54) is 6.42 Å². The first-order valence-corrected chi connectivity index (χ1v) is 12.8. The molecule has 3 rings (SSSR count). The molecule has 170 valence electrons. The lowest BCUT2D eigenvalue weighted by atomic mass is 9.81. The van der Waals surface area contributed by atoms with Crippen LogP contribution < -0.4 is 0 Å². The van der Waals surface area contributed by atoms with Gasteiger partial charge in [-0.3, -0.25) is 9.69 Å². The number of carbonyl (C=O) groups excluding carboxylic acids is 1. The molecular weight excluding hydrogens is 402 g/mol. The van der Waals surface area contributed by atoms with E-state index in [0.717, 1.165) is 57.8 Å². The van der Waals surface area contributed by atoms with E-state index in [9.17, 15) is 18.5 Å². The third kappa shape index (κ3) is 4.98. The number of hydrogen-bond donors (Lipinski definition) is 0. The smallest absolute Gasteiger partial charge is 0.282 e. The lowest BCUT2D eigenvalue weighted by molar-refractivity contribution is -0.136. The molecule has 0 N–H and O–H groups in total. The van der Waals surface area contributed by atoms with E-state index >= 15 is 0 Å². The maximum Gasteiger partial charge on any atom is 0.282 e. The molecule has 0 aromatic rings. The van der Waals surface area contributed by atoms with Gasteiger partial charge in [-0.25, -0.2) is 0 Å². The Morgan fingerprint density at radius 3 is 2.13 bits per heavy atom. The standard InChI is InChI=1S/C21H37N5O3S/c1-23(21(18-22)11-7-4-8-12-21)20(27)17-25-13-15-26(16-14-25)30(28,29)24(2)19-9-5-3-6-10-19/h19H,3-17H2,1-2H3. The minimum atomic E-state index is -3.46. The van der Waals surface area contributed by atoms with E-state index in [0.29, 0.717) is 26.2 Å². The Morgan fingerprint density at radius 1 is 1.00 bits per heavy atom. The topological polar surface area (TPSA) is 88.0 Å². The average Bonchev–Trinajstić information content (AvgIpc) is 2.79. The van der Waals surface area contributed by atoms with Gasteiger partial charge in [0, 0.05) is 46.3 Å². The molecule has 3 fully saturated rings. The highest BCUT2D eigenvalue weighted by Gasteiger charge is 2.40. The van der Waals surface area contributed by atoms with Gasteiger partial charge in [0.1, 0.15) is 5.54 Å². The van der Waals surface area contributed by atoms with Crippen molar-refractivity contribution >= 4 is 16.1 Å². The molecule has 30 heavy (non-hydrogen) atoms. The van der Waals surface area contributed by atoms with Crippen molar-refractivity contribution in [3.63, 3.8) is 0 Å². The Labute approximate surface area is 182 Å². The predicted octanol–water partition coefficient (Wildman–Crippen LogP) is 1.80. The molecule has 0 spiro atoms. The molecule has 0 aromatic carbocycles. The van der Waals surface area contributed by atoms with Gasteiger partial charge in [-0.05, 0) is 25.7 Å². The van der Waals surface area contributed by atoms with E-state index in [-0.39, 0.29) is 18.5 Å². The highest BCUT2D eigenvalue weighted by molar-refractivity contribution is 7.86. The summed E-state index contributed by atoms with van der Waals surface area (Å²) in [6.45, 7) is 2.12. The summed E-state index contributed by atoms with van der Waals surface area (Å²) in [6, 6.07) is 2.51. The average molecular weight is 440 g/mol. The zero-order chi connectivity index (χ0) is 21.8. The molecule has 1 saturated heterocycles. The Kier molecular flexibility index (Phi) is 7.77. The molecule has 0 atom stereocenters. The Morgan fingerprint density at radius 2 is 1.57 bits per heavy atom. The zero-order valence-electron chi connectivity index (χ0n) is 18.6. The number of nitrogens with zero attached hydrogens (tertiary/aromatic N) is 5. The zero-order valence-corrected chi connectivity index (χ0v) is 19.4. The first-order valence-electron chi connectivity index (χ1n) is 11.4. The normalized spacial score (nSPS) is 24.5. The van der Waals surface area contributed by atoms with Crippen LogP contribution in [0.5, 0.6) is 0 Å². The van der Waals surface area contributed by atoms with Gasteiger partial charge >= 0.3 is 0 Å². The van der Waals surface area contributed by atoms with Crippen LogP contribution in [-0.4, -0.2) is 91.1 Å². The summed E-state index contributed by atoms with van der Waals surface area (Å²) >= 11 is 0. The third-order valence-corrected chi connectivity index (χ3v) is 9.42. The molecule has 8 nitrogen and oxygen atoms in total. The molecule has 9 heteroatoms. The highest BCUT2D eigenvalue weighted by atomic mass is 32.2. The number of nitriles is 1. The van der Waals surface area contributed by atoms with Crippen LogP contribution in [0.3, 0.4) is 0 Å². The van der Waals surface area contributed by atoms with Crippen molar-refractivity contribution in [1.82, 2.24) is 18.4 Å². The van der Waals surface area contributed by atoms with E-state index in [2.05, 4.69) is 6.07 Å². The molecule has 3 aliphatic rings. The Hall–Kier alpha value is -1.21. The number of hydrogen-bond acceptors (Lipinski definition) is 5. The number of likely N-dealkylation sites (N-methyl/N-ethyl adjacent to an activating group) is 1. The van der Waals surface area contributed by atoms with Gasteiger partial charge in [0.2, 0.25) is 5.91 Å². The van der Waals surface area contributed by atoms with Crippen LogP contribution in [0.15, 0.2) is 0 Å². The first-order chi connectivity index (χ1) is 14.3. The minimum Gasteiger partial charge on any atom is -0.326 e. The quantitative estimate of drug-likeness (QED) is 0.630. The number of carbonyl (C=O) groups is 1. The van der Waals surface area contributed by atoms with Crippen LogP contribution in [0.25, 0.3) is 0 Å². The van der Waals surface area contributed by atoms with Crippen LogP contribution in [0.2, 0.25) is 0 Å². The van der Waals surface area contributed by atoms with Crippen molar-refractivity contribution in [2.24, 2.45) is 0 Å². The van der Waals surface area contributed by atoms with Gasteiger partial charge in [-0.1, -0.05) is 38.5 Å². The van der Waals surface area contributed by atoms with Crippen LogP contribution in [-0.2, 0) is 15.0 Å². The Balaban J connectivity index is 1.52. The second kappa shape index (κ2) is 9.94. The number of rotatable bonds is 6. The van der Waals surface area contributed by atoms with Gasteiger partial charge in [0.25, 0.3) is 10.2 Å². The van der Waals surface area contributed by atoms with E-state index < -0.39 is 15.7 Å². The molecule has 2 aliphatic carbocycles. The molecule has 0 unspecified atom stereocenters. The second-order valence-corrected chi connectivity index (χ2v) is 11.1. The van der Waals surface area contributed by atoms with Crippen LogP contribution in [0, 0.1) is 11.3 Å². The lowest BCUT2D eigenvalue weighted by Crippen LogP contribution is -2.57. The predicted molar refractivity (Wildman–Crippen MR) is 116 cm³/mol. The SMILES string of the molecule is CN(C(=O)CN1CCN(S(=O)(=O)N(C)C2CCCCC2)CC1)C1(C#N)CCCCC1. The summed E-state index contributed by atoms with van der Waals surface area (Å²) in [4.78, 5) is 16.5. The summed E-state index contributed by atoms with van der Waals surface area (Å²) in [7, 11) is -0.00243. The van der Waals surface area contributed by atoms with Gasteiger partial charge < -0.3 is 4.90 Å². The first kappa shape index (κ1) is 23.5. The van der Waals surface area contributed by atoms with Gasteiger partial charge in [0.15, 0.2) is 0 Å². The van der Waals surface area contributed by atoms with E-state index in [1.807, 2.05) is 4.90 Å². The largest absolute Gasteiger partial charge is 0.326 e. The molecule has 0 aromatic heterocycles. The van der Waals surface area contributed by atoms with Crippen molar-refractivity contribution in [2.75, 3.05) is 46.8 Å². The number of piperazine rings is 1. The van der Waals surface area contributed by atoms with Gasteiger partial charge in [-0.2, -0.15) is 22.3 Å². The van der Waals surface area contributed by atoms with Gasteiger partial charge in [0.05, 0.1) is 12.6 Å². The lowest BCUT2D eigenvalue weighted by Gasteiger charge is -2.41. The third-order valence-electron chi connectivity index (χ3n) is 7.37. The second-order valence-electron chi connectivity index (χ2n) is 9.15. The van der Waals surface area contributed by atoms with Crippen molar-refractivity contribution in [1.29, 1.82) is 5.26 Å². The van der Waals surface area contributed by atoms with E-state index in [1.54, 1.807) is 27.6 Å². The summed E-state index contributed by atoms with van der Waals surface area (Å²) in [6.07, 6.45) is 9.84. The monoisotopic (exact) mass is 439 g/mol. The molecule has 2 saturated carbocycles. The minimum absolute atomic E-state index is 0.0471. The maximum atomic E-state index is 13.0. The fourth-order valence-electron chi connectivity index (χ4n) is 5.13. The van der Waals surface area contributed by atoms with Crippen LogP contribution in [0.1, 0.15) is 64.2 Å². The fourth-order valence-corrected chi connectivity index (χ4v) is 6.71. The van der Waals surface area contributed by atoms with E-state index in [4.69, 9.17) is 0 Å². The summed E-state index contributed by atoms with van der Waals surface area (Å²) in [5.74, 6) is -0.0471. The van der Waals surface area contributed by atoms with Gasteiger partial charge in [-0.15, -0.1) is 0 Å². The van der Waals surface area contributed by atoms with Crippen molar-refractivity contribution in [3.8, 4) is 6.07 Å². The summed E-state index contributed by atoms with van der Waals surface area (Å²) in [5.41, 5.74) is -0.677. The Bertz CT molecular complexity index is 730. The summed E-state index contributed by atoms with van der Waals surface area (Å²) in [5, 5.41) is 9.71.